The third-order valence-electron chi connectivity index (χ3n) is 2.90. The molecule has 0 saturated carbocycles. The smallest absolute Gasteiger partial charge is 0.0603 e. The Kier molecular flexibility index (Phi) is 5.79. The zero-order valence-corrected chi connectivity index (χ0v) is 13.9. The van der Waals surface area contributed by atoms with Crippen LogP contribution in [0.15, 0.2) is 46.2 Å². The Labute approximate surface area is 134 Å². The first kappa shape index (κ1) is 15.7. The van der Waals surface area contributed by atoms with Crippen LogP contribution in [0.25, 0.3) is 0 Å². The number of hydrogen-bond acceptors (Lipinski definition) is 2. The minimum atomic E-state index is 0.591. The molecule has 0 aliphatic heterocycles. The van der Waals surface area contributed by atoms with Crippen molar-refractivity contribution in [2.45, 2.75) is 30.2 Å². The third-order valence-corrected chi connectivity index (χ3v) is 4.75. The SMILES string of the molecule is CCNCc1cc(C)ccc1Sc1ccc(Cl)c(Cl)c1. The van der Waals surface area contributed by atoms with Crippen LogP contribution in [0, 0.1) is 6.92 Å². The molecule has 0 radical (unpaired) electrons. The van der Waals surface area contributed by atoms with E-state index in [9.17, 15) is 0 Å². The minimum absolute atomic E-state index is 0.591. The van der Waals surface area contributed by atoms with Crippen molar-refractivity contribution in [2.75, 3.05) is 6.54 Å². The summed E-state index contributed by atoms with van der Waals surface area (Å²) in [7, 11) is 0. The highest BCUT2D eigenvalue weighted by molar-refractivity contribution is 7.99. The first-order valence-electron chi connectivity index (χ1n) is 6.53. The molecule has 0 spiro atoms. The molecule has 0 fully saturated rings. The molecule has 0 saturated heterocycles. The molecule has 2 aromatic rings. The third kappa shape index (κ3) is 4.16. The van der Waals surface area contributed by atoms with Crippen molar-refractivity contribution in [1.29, 1.82) is 0 Å². The van der Waals surface area contributed by atoms with Crippen LogP contribution in [0.1, 0.15) is 18.1 Å². The Morgan fingerprint density at radius 1 is 1.05 bits per heavy atom. The van der Waals surface area contributed by atoms with Crippen LogP contribution >= 0.6 is 35.0 Å². The average Bonchev–Trinajstić information content (AvgIpc) is 2.43. The van der Waals surface area contributed by atoms with Gasteiger partial charge in [0.2, 0.25) is 0 Å². The fourth-order valence-corrected chi connectivity index (χ4v) is 3.20. The summed E-state index contributed by atoms with van der Waals surface area (Å²) in [5, 5.41) is 4.56. The van der Waals surface area contributed by atoms with Crippen LogP contribution in [0.3, 0.4) is 0 Å². The normalized spacial score (nSPS) is 10.8. The van der Waals surface area contributed by atoms with Gasteiger partial charge in [-0.05, 0) is 43.3 Å². The second-order valence-corrected chi connectivity index (χ2v) is 6.50. The van der Waals surface area contributed by atoms with Crippen LogP contribution in [-0.4, -0.2) is 6.54 Å². The molecular weight excluding hydrogens is 309 g/mol. The Bertz CT molecular complexity index is 599. The predicted molar refractivity (Wildman–Crippen MR) is 89.1 cm³/mol. The lowest BCUT2D eigenvalue weighted by molar-refractivity contribution is 0.717. The molecule has 0 aliphatic carbocycles. The van der Waals surface area contributed by atoms with Gasteiger partial charge in [0.05, 0.1) is 10.0 Å². The van der Waals surface area contributed by atoms with Crippen molar-refractivity contribution in [2.24, 2.45) is 0 Å². The molecule has 106 valence electrons. The van der Waals surface area contributed by atoms with Gasteiger partial charge in [-0.1, -0.05) is 59.6 Å². The highest BCUT2D eigenvalue weighted by atomic mass is 35.5. The summed E-state index contributed by atoms with van der Waals surface area (Å²) < 4.78 is 0. The van der Waals surface area contributed by atoms with Crippen molar-refractivity contribution in [1.82, 2.24) is 5.32 Å². The van der Waals surface area contributed by atoms with E-state index in [1.807, 2.05) is 18.2 Å². The fraction of sp³-hybridized carbons (Fsp3) is 0.250. The molecule has 1 N–H and O–H groups in total. The van der Waals surface area contributed by atoms with E-state index in [-0.39, 0.29) is 0 Å². The quantitative estimate of drug-likeness (QED) is 0.772. The molecule has 4 heteroatoms. The topological polar surface area (TPSA) is 12.0 Å². The van der Waals surface area contributed by atoms with Gasteiger partial charge in [-0.25, -0.2) is 0 Å². The molecule has 1 nitrogen and oxygen atoms in total. The number of aryl methyl sites for hydroxylation is 1. The summed E-state index contributed by atoms with van der Waals surface area (Å²) in [6.07, 6.45) is 0. The lowest BCUT2D eigenvalue weighted by Crippen LogP contribution is -2.12. The lowest BCUT2D eigenvalue weighted by atomic mass is 10.1. The molecule has 20 heavy (non-hydrogen) atoms. The molecule has 2 aromatic carbocycles. The minimum Gasteiger partial charge on any atom is -0.313 e. The van der Waals surface area contributed by atoms with E-state index in [0.717, 1.165) is 18.0 Å². The van der Waals surface area contributed by atoms with E-state index in [2.05, 4.69) is 37.4 Å². The summed E-state index contributed by atoms with van der Waals surface area (Å²) >= 11 is 13.7. The van der Waals surface area contributed by atoms with Gasteiger partial charge in [0, 0.05) is 16.3 Å². The number of rotatable bonds is 5. The highest BCUT2D eigenvalue weighted by Gasteiger charge is 2.06. The van der Waals surface area contributed by atoms with Crippen molar-refractivity contribution >= 4 is 35.0 Å². The number of benzene rings is 2. The maximum absolute atomic E-state index is 6.07. The maximum Gasteiger partial charge on any atom is 0.0603 e. The van der Waals surface area contributed by atoms with Crippen LogP contribution in [0.5, 0.6) is 0 Å². The standard InChI is InChI=1S/C16H17Cl2NS/c1-3-19-10-12-8-11(2)4-7-16(12)20-13-5-6-14(17)15(18)9-13/h4-9,19H,3,10H2,1-2H3. The number of nitrogens with one attached hydrogen (secondary N) is 1. The molecule has 0 heterocycles. The summed E-state index contributed by atoms with van der Waals surface area (Å²) in [5.74, 6) is 0. The Balaban J connectivity index is 2.25. The van der Waals surface area contributed by atoms with E-state index in [4.69, 9.17) is 23.2 Å². The van der Waals surface area contributed by atoms with Crippen molar-refractivity contribution < 1.29 is 0 Å². The van der Waals surface area contributed by atoms with Crippen molar-refractivity contribution in [3.63, 3.8) is 0 Å². The fourth-order valence-electron chi connectivity index (χ4n) is 1.87. The van der Waals surface area contributed by atoms with Gasteiger partial charge >= 0.3 is 0 Å². The van der Waals surface area contributed by atoms with Gasteiger partial charge in [-0.3, -0.25) is 0 Å². The van der Waals surface area contributed by atoms with E-state index in [1.165, 1.54) is 16.0 Å². The van der Waals surface area contributed by atoms with Gasteiger partial charge in [-0.15, -0.1) is 0 Å². The van der Waals surface area contributed by atoms with E-state index in [1.54, 1.807) is 11.8 Å². The predicted octanol–water partition coefficient (Wildman–Crippen LogP) is 5.56. The first-order chi connectivity index (χ1) is 9.60. The molecule has 0 unspecified atom stereocenters. The second kappa shape index (κ2) is 7.37. The van der Waals surface area contributed by atoms with Crippen LogP contribution < -0.4 is 5.32 Å². The summed E-state index contributed by atoms with van der Waals surface area (Å²) in [6, 6.07) is 12.3. The van der Waals surface area contributed by atoms with Crippen LogP contribution in [0.4, 0.5) is 0 Å². The van der Waals surface area contributed by atoms with Gasteiger partial charge in [0.15, 0.2) is 0 Å². The first-order valence-corrected chi connectivity index (χ1v) is 8.10. The Hall–Kier alpha value is -0.670. The van der Waals surface area contributed by atoms with E-state index >= 15 is 0 Å². The molecule has 0 amide bonds. The molecule has 0 aromatic heterocycles. The zero-order valence-electron chi connectivity index (χ0n) is 11.5. The number of hydrogen-bond donors (Lipinski definition) is 1. The maximum atomic E-state index is 6.07. The molecule has 0 aliphatic rings. The Morgan fingerprint density at radius 3 is 2.55 bits per heavy atom. The summed E-state index contributed by atoms with van der Waals surface area (Å²) in [4.78, 5) is 2.34. The monoisotopic (exact) mass is 325 g/mol. The van der Waals surface area contributed by atoms with E-state index in [0.29, 0.717) is 10.0 Å². The van der Waals surface area contributed by atoms with Crippen molar-refractivity contribution in [3.05, 3.63) is 57.6 Å². The molecule has 0 atom stereocenters. The van der Waals surface area contributed by atoms with Gasteiger partial charge < -0.3 is 5.32 Å². The van der Waals surface area contributed by atoms with Gasteiger partial charge in [-0.2, -0.15) is 0 Å². The largest absolute Gasteiger partial charge is 0.313 e. The summed E-state index contributed by atoms with van der Waals surface area (Å²) in [6.45, 7) is 6.07. The second-order valence-electron chi connectivity index (χ2n) is 4.57. The molecular formula is C16H17Cl2NS. The lowest BCUT2D eigenvalue weighted by Gasteiger charge is -2.11. The van der Waals surface area contributed by atoms with Gasteiger partial charge in [0.1, 0.15) is 0 Å². The van der Waals surface area contributed by atoms with E-state index < -0.39 is 0 Å². The zero-order chi connectivity index (χ0) is 14.5. The van der Waals surface area contributed by atoms with Crippen molar-refractivity contribution in [3.8, 4) is 0 Å². The van der Waals surface area contributed by atoms with Crippen LogP contribution in [0.2, 0.25) is 10.0 Å². The number of halogens is 2. The molecule has 0 bridgehead atoms. The Morgan fingerprint density at radius 2 is 1.85 bits per heavy atom. The molecule has 2 rings (SSSR count). The summed E-state index contributed by atoms with van der Waals surface area (Å²) in [5.41, 5.74) is 2.58. The highest BCUT2D eigenvalue weighted by Crippen LogP contribution is 2.34. The average molecular weight is 326 g/mol. The van der Waals surface area contributed by atoms with Crippen LogP contribution in [-0.2, 0) is 6.54 Å². The van der Waals surface area contributed by atoms with Gasteiger partial charge in [0.25, 0.3) is 0 Å².